The third-order valence-corrected chi connectivity index (χ3v) is 3.98. The van der Waals surface area contributed by atoms with Gasteiger partial charge in [0, 0.05) is 23.4 Å². The van der Waals surface area contributed by atoms with Crippen LogP contribution in [0.5, 0.6) is 5.75 Å². The van der Waals surface area contributed by atoms with Crippen molar-refractivity contribution in [1.82, 2.24) is 5.32 Å². The molecule has 0 aliphatic carbocycles. The molecule has 0 saturated heterocycles. The number of halogens is 1. The highest BCUT2D eigenvalue weighted by molar-refractivity contribution is 7.98. The Labute approximate surface area is 99.6 Å². The van der Waals surface area contributed by atoms with Crippen molar-refractivity contribution < 1.29 is 9.13 Å². The molecule has 1 atom stereocenters. The Balaban J connectivity index is 2.49. The van der Waals surface area contributed by atoms with E-state index in [1.165, 1.54) is 6.07 Å². The first-order valence-corrected chi connectivity index (χ1v) is 6.53. The average Bonchev–Trinajstić information content (AvgIpc) is 2.51. The molecule has 2 rings (SSSR count). The summed E-state index contributed by atoms with van der Waals surface area (Å²) in [4.78, 5) is 0. The van der Waals surface area contributed by atoms with Gasteiger partial charge in [-0.25, -0.2) is 4.39 Å². The number of hydrogen-bond acceptors (Lipinski definition) is 3. The fourth-order valence-electron chi connectivity index (χ4n) is 2.04. The van der Waals surface area contributed by atoms with Crippen LogP contribution in [0.1, 0.15) is 23.6 Å². The van der Waals surface area contributed by atoms with Gasteiger partial charge in [-0.05, 0) is 30.9 Å². The molecule has 0 bridgehead atoms. The molecule has 4 heteroatoms. The monoisotopic (exact) mass is 241 g/mol. The molecule has 0 amide bonds. The second kappa shape index (κ2) is 5.06. The molecule has 0 saturated carbocycles. The molecule has 1 aromatic rings. The topological polar surface area (TPSA) is 21.3 Å². The summed E-state index contributed by atoms with van der Waals surface area (Å²) in [5, 5.41) is 3.24. The maximum absolute atomic E-state index is 13.9. The van der Waals surface area contributed by atoms with Crippen LogP contribution in [-0.4, -0.2) is 19.9 Å². The number of nitrogens with one attached hydrogen (secondary N) is 1. The van der Waals surface area contributed by atoms with Gasteiger partial charge in [-0.1, -0.05) is 0 Å². The maximum atomic E-state index is 13.9. The zero-order chi connectivity index (χ0) is 11.5. The van der Waals surface area contributed by atoms with E-state index in [4.69, 9.17) is 4.74 Å². The lowest BCUT2D eigenvalue weighted by atomic mass is 9.98. The first-order valence-electron chi connectivity index (χ1n) is 5.37. The molecule has 1 aliphatic rings. The van der Waals surface area contributed by atoms with Gasteiger partial charge in [0.15, 0.2) is 0 Å². The minimum Gasteiger partial charge on any atom is -0.497 e. The summed E-state index contributed by atoms with van der Waals surface area (Å²) in [6, 6.07) is 3.65. The van der Waals surface area contributed by atoms with Gasteiger partial charge in [-0.15, -0.1) is 0 Å². The fraction of sp³-hybridized carbons (Fsp3) is 0.500. The predicted molar refractivity (Wildman–Crippen MR) is 65.5 cm³/mol. The smallest absolute Gasteiger partial charge is 0.131 e. The third-order valence-electron chi connectivity index (χ3n) is 2.96. The average molecular weight is 241 g/mol. The van der Waals surface area contributed by atoms with E-state index in [0.29, 0.717) is 5.75 Å². The van der Waals surface area contributed by atoms with Crippen LogP contribution >= 0.6 is 11.8 Å². The van der Waals surface area contributed by atoms with Gasteiger partial charge in [0.1, 0.15) is 11.6 Å². The summed E-state index contributed by atoms with van der Waals surface area (Å²) in [5.41, 5.74) is 1.87. The molecular weight excluding hydrogens is 225 g/mol. The Morgan fingerprint density at radius 3 is 3.00 bits per heavy atom. The van der Waals surface area contributed by atoms with Crippen molar-refractivity contribution in [2.24, 2.45) is 0 Å². The Hall–Kier alpha value is -0.740. The van der Waals surface area contributed by atoms with Gasteiger partial charge >= 0.3 is 0 Å². The predicted octanol–water partition coefficient (Wildman–Crippen LogP) is 2.73. The van der Waals surface area contributed by atoms with Crippen molar-refractivity contribution in [1.29, 1.82) is 0 Å². The van der Waals surface area contributed by atoms with Crippen molar-refractivity contribution in [3.63, 3.8) is 0 Å². The molecule has 1 aromatic carbocycles. The van der Waals surface area contributed by atoms with E-state index in [2.05, 4.69) is 5.32 Å². The SMILES string of the molecule is CNC1CCSCc2c(F)cc(OC)cc21. The van der Waals surface area contributed by atoms with Crippen molar-refractivity contribution in [3.8, 4) is 5.75 Å². The van der Waals surface area contributed by atoms with E-state index >= 15 is 0 Å². The molecule has 16 heavy (non-hydrogen) atoms. The molecule has 0 fully saturated rings. The number of fused-ring (bicyclic) bond motifs is 1. The summed E-state index contributed by atoms with van der Waals surface area (Å²) in [5.74, 6) is 2.26. The fourth-order valence-corrected chi connectivity index (χ4v) is 3.10. The standard InChI is InChI=1S/C12H16FNOS/c1-14-12-3-4-16-7-10-9(12)5-8(15-2)6-11(10)13/h5-6,12,14H,3-4,7H2,1-2H3. The van der Waals surface area contributed by atoms with Gasteiger partial charge in [-0.2, -0.15) is 11.8 Å². The molecule has 1 N–H and O–H groups in total. The number of benzene rings is 1. The van der Waals surface area contributed by atoms with E-state index in [1.54, 1.807) is 18.9 Å². The molecule has 88 valence electrons. The summed E-state index contributed by atoms with van der Waals surface area (Å²) in [7, 11) is 3.49. The van der Waals surface area contributed by atoms with Crippen LogP contribution in [-0.2, 0) is 5.75 Å². The first-order chi connectivity index (χ1) is 7.76. The van der Waals surface area contributed by atoms with Crippen LogP contribution < -0.4 is 10.1 Å². The van der Waals surface area contributed by atoms with E-state index in [-0.39, 0.29) is 11.9 Å². The van der Waals surface area contributed by atoms with Crippen molar-refractivity contribution in [3.05, 3.63) is 29.1 Å². The summed E-state index contributed by atoms with van der Waals surface area (Å²) in [6.45, 7) is 0. The third kappa shape index (κ3) is 2.18. The second-order valence-electron chi connectivity index (χ2n) is 3.86. The Morgan fingerprint density at radius 1 is 1.50 bits per heavy atom. The lowest BCUT2D eigenvalue weighted by Gasteiger charge is -2.17. The van der Waals surface area contributed by atoms with Crippen molar-refractivity contribution in [2.75, 3.05) is 19.9 Å². The van der Waals surface area contributed by atoms with Crippen LogP contribution in [0.3, 0.4) is 0 Å². The highest BCUT2D eigenvalue weighted by Crippen LogP contribution is 2.34. The molecular formula is C12H16FNOS. The molecule has 1 aliphatic heterocycles. The van der Waals surface area contributed by atoms with Gasteiger partial charge < -0.3 is 10.1 Å². The van der Waals surface area contributed by atoms with Crippen LogP contribution in [0, 0.1) is 5.82 Å². The van der Waals surface area contributed by atoms with Crippen molar-refractivity contribution >= 4 is 11.8 Å². The molecule has 0 spiro atoms. The Bertz CT molecular complexity index is 384. The summed E-state index contributed by atoms with van der Waals surface area (Å²) < 4.78 is 19.0. The largest absolute Gasteiger partial charge is 0.497 e. The molecule has 1 heterocycles. The summed E-state index contributed by atoms with van der Waals surface area (Å²) >= 11 is 1.78. The van der Waals surface area contributed by atoms with Gasteiger partial charge in [0.2, 0.25) is 0 Å². The summed E-state index contributed by atoms with van der Waals surface area (Å²) in [6.07, 6.45) is 1.03. The molecule has 2 nitrogen and oxygen atoms in total. The van der Waals surface area contributed by atoms with Crippen LogP contribution in [0.25, 0.3) is 0 Å². The van der Waals surface area contributed by atoms with E-state index < -0.39 is 0 Å². The highest BCUT2D eigenvalue weighted by atomic mass is 32.2. The normalized spacial score (nSPS) is 20.1. The molecule has 1 unspecified atom stereocenters. The maximum Gasteiger partial charge on any atom is 0.131 e. The number of rotatable bonds is 2. The van der Waals surface area contributed by atoms with Crippen LogP contribution in [0.15, 0.2) is 12.1 Å². The minimum atomic E-state index is -0.149. The lowest BCUT2D eigenvalue weighted by molar-refractivity contribution is 0.408. The first kappa shape index (κ1) is 11.7. The van der Waals surface area contributed by atoms with Crippen LogP contribution in [0.4, 0.5) is 4.39 Å². The van der Waals surface area contributed by atoms with Crippen molar-refractivity contribution in [2.45, 2.75) is 18.2 Å². The van der Waals surface area contributed by atoms with E-state index in [9.17, 15) is 4.39 Å². The van der Waals surface area contributed by atoms with E-state index in [0.717, 1.165) is 29.1 Å². The Kier molecular flexibility index (Phi) is 3.71. The number of methoxy groups -OCH3 is 1. The number of ether oxygens (including phenoxy) is 1. The zero-order valence-corrected chi connectivity index (χ0v) is 10.4. The van der Waals surface area contributed by atoms with Gasteiger partial charge in [0.05, 0.1) is 7.11 Å². The van der Waals surface area contributed by atoms with E-state index in [1.807, 2.05) is 13.1 Å². The number of hydrogen-bond donors (Lipinski definition) is 1. The molecule has 0 radical (unpaired) electrons. The number of thioether (sulfide) groups is 1. The molecule has 0 aromatic heterocycles. The quantitative estimate of drug-likeness (QED) is 0.860. The highest BCUT2D eigenvalue weighted by Gasteiger charge is 2.21. The minimum absolute atomic E-state index is 0.149. The Morgan fingerprint density at radius 2 is 2.31 bits per heavy atom. The van der Waals surface area contributed by atoms with Gasteiger partial charge in [-0.3, -0.25) is 0 Å². The lowest BCUT2D eigenvalue weighted by Crippen LogP contribution is -2.17. The second-order valence-corrected chi connectivity index (χ2v) is 4.96. The zero-order valence-electron chi connectivity index (χ0n) is 9.55. The van der Waals surface area contributed by atoms with Crippen LogP contribution in [0.2, 0.25) is 0 Å². The van der Waals surface area contributed by atoms with Gasteiger partial charge in [0.25, 0.3) is 0 Å².